The van der Waals surface area contributed by atoms with Gasteiger partial charge in [-0.15, -0.1) is 6.58 Å². The van der Waals surface area contributed by atoms with E-state index >= 15 is 0 Å². The maximum absolute atomic E-state index is 14.4. The third-order valence-corrected chi connectivity index (χ3v) is 10.4. The van der Waals surface area contributed by atoms with Gasteiger partial charge in [0, 0.05) is 12.0 Å². The molecule has 2 bridgehead atoms. The van der Waals surface area contributed by atoms with Gasteiger partial charge in [0.15, 0.2) is 0 Å². The molecule has 2 heterocycles. The van der Waals surface area contributed by atoms with Crippen LogP contribution in [0.3, 0.4) is 0 Å². The van der Waals surface area contributed by atoms with Crippen molar-refractivity contribution in [3.05, 3.63) is 43.1 Å². The van der Waals surface area contributed by atoms with E-state index in [1.54, 1.807) is 31.4 Å². The average molecular weight is 663 g/mol. The maximum atomic E-state index is 14.4. The fourth-order valence-electron chi connectivity index (χ4n) is 7.85. The number of nitrogens with zero attached hydrogens (tertiary/aromatic N) is 3. The molecule has 11 heteroatoms. The number of nitrogens with one attached hydrogen (secondary N) is 1. The number of esters is 1. The van der Waals surface area contributed by atoms with Crippen LogP contribution in [0.15, 0.2) is 37.4 Å². The van der Waals surface area contributed by atoms with Gasteiger partial charge in [0.1, 0.15) is 35.7 Å². The molecule has 0 radical (unpaired) electrons. The molecule has 260 valence electrons. The van der Waals surface area contributed by atoms with E-state index in [4.69, 9.17) is 18.9 Å². The van der Waals surface area contributed by atoms with E-state index < -0.39 is 47.5 Å². The molecule has 1 N–H and O–H groups in total. The Balaban J connectivity index is 1.36. The summed E-state index contributed by atoms with van der Waals surface area (Å²) in [6.07, 6.45) is 8.32. The summed E-state index contributed by atoms with van der Waals surface area (Å²) < 4.78 is 23.0. The highest BCUT2D eigenvalue weighted by molar-refractivity contribution is 5.91. The lowest BCUT2D eigenvalue weighted by atomic mass is 9.83. The van der Waals surface area contributed by atoms with Gasteiger partial charge in [-0.05, 0) is 79.9 Å². The number of benzene rings is 1. The molecule has 8 atom stereocenters. The van der Waals surface area contributed by atoms with Crippen LogP contribution >= 0.6 is 0 Å². The zero-order valence-corrected chi connectivity index (χ0v) is 29.1. The summed E-state index contributed by atoms with van der Waals surface area (Å²) in [6.45, 7) is 15.2. The van der Waals surface area contributed by atoms with E-state index in [0.717, 1.165) is 32.1 Å². The van der Waals surface area contributed by atoms with Crippen molar-refractivity contribution in [2.24, 2.45) is 29.1 Å². The molecule has 48 heavy (non-hydrogen) atoms. The molecule has 1 saturated heterocycles. The number of likely N-dealkylation sites (tertiary alicyclic amines) is 1. The minimum absolute atomic E-state index is 0.0647. The van der Waals surface area contributed by atoms with Crippen molar-refractivity contribution in [3.8, 4) is 11.6 Å². The van der Waals surface area contributed by atoms with E-state index in [1.165, 1.54) is 18.4 Å². The molecule has 3 fully saturated rings. The SMILES string of the molecule is C=CCCC[C@@H]1[C@@H]2CC[C@@H](C2)[C@H]1OC(=O)N[C@H](C(=O)N1C[C@H](Oc2nc3cc(OC)ccc3nc2C=C)[C@@H](C)[C@H]1C(=O)OC)C(C)(C)C. The third kappa shape index (κ3) is 7.15. The van der Waals surface area contributed by atoms with E-state index in [9.17, 15) is 14.4 Å². The summed E-state index contributed by atoms with van der Waals surface area (Å²) in [7, 11) is 2.87. The number of alkyl carbamates (subject to hydrolysis) is 1. The standard InChI is InChI=1S/C37H50N4O7/c1-9-11-12-13-25-22-14-15-23(18-22)31(25)48-36(44)40-32(37(4,5)6)34(42)41-20-29(21(3)30(41)35(43)46-8)47-33-26(10-2)38-27-17-16-24(45-7)19-28(27)39-33/h9-10,16-17,19,21-23,25,29-32H,1-2,11-15,18,20H2,3-8H3,(H,40,44)/t21-,22-,23+,25-,29+,30+,31-,32-/m1/s1. The monoisotopic (exact) mass is 662 g/mol. The lowest BCUT2D eigenvalue weighted by Gasteiger charge is -2.36. The molecular formula is C37H50N4O7. The Morgan fingerprint density at radius 2 is 1.85 bits per heavy atom. The predicted molar refractivity (Wildman–Crippen MR) is 182 cm³/mol. The van der Waals surface area contributed by atoms with E-state index in [2.05, 4.69) is 28.4 Å². The Bertz CT molecular complexity index is 1540. The van der Waals surface area contributed by atoms with Gasteiger partial charge < -0.3 is 29.2 Å². The molecule has 0 unspecified atom stereocenters. The normalized spacial score (nSPS) is 27.0. The second kappa shape index (κ2) is 14.5. The van der Waals surface area contributed by atoms with Crippen molar-refractivity contribution in [2.75, 3.05) is 20.8 Å². The quantitative estimate of drug-likeness (QED) is 0.166. The molecule has 2 aliphatic carbocycles. The van der Waals surface area contributed by atoms with E-state index in [-0.39, 0.29) is 18.5 Å². The van der Waals surface area contributed by atoms with Gasteiger partial charge in [-0.2, -0.15) is 0 Å². The molecule has 1 aromatic carbocycles. The first-order chi connectivity index (χ1) is 22.9. The Hall–Kier alpha value is -4.15. The van der Waals surface area contributed by atoms with Crippen LogP contribution in [-0.2, 0) is 19.1 Å². The van der Waals surface area contributed by atoms with E-state index in [1.807, 2.05) is 33.8 Å². The minimum atomic E-state index is -0.974. The van der Waals surface area contributed by atoms with Crippen molar-refractivity contribution < 1.29 is 33.3 Å². The largest absolute Gasteiger partial charge is 0.497 e. The van der Waals surface area contributed by atoms with Crippen LogP contribution in [0.2, 0.25) is 0 Å². The Morgan fingerprint density at radius 3 is 2.52 bits per heavy atom. The van der Waals surface area contributed by atoms with Crippen LogP contribution < -0.4 is 14.8 Å². The van der Waals surface area contributed by atoms with Crippen molar-refractivity contribution in [1.82, 2.24) is 20.2 Å². The van der Waals surface area contributed by atoms with Crippen LogP contribution in [0.25, 0.3) is 17.1 Å². The number of rotatable bonds is 12. The van der Waals surface area contributed by atoms with Crippen LogP contribution in [0.4, 0.5) is 4.79 Å². The first kappa shape index (κ1) is 35.2. The Morgan fingerprint density at radius 1 is 1.10 bits per heavy atom. The Kier molecular flexibility index (Phi) is 10.7. The molecule has 0 spiro atoms. The highest BCUT2D eigenvalue weighted by Gasteiger charge is 2.52. The highest BCUT2D eigenvalue weighted by Crippen LogP contribution is 2.51. The number of aromatic nitrogens is 2. The van der Waals surface area contributed by atoms with Crippen LogP contribution in [0.1, 0.15) is 71.9 Å². The van der Waals surface area contributed by atoms with Crippen molar-refractivity contribution in [2.45, 2.75) is 90.5 Å². The van der Waals surface area contributed by atoms with Gasteiger partial charge in [-0.1, -0.05) is 40.3 Å². The molecule has 2 amide bonds. The fourth-order valence-corrected chi connectivity index (χ4v) is 7.85. The summed E-state index contributed by atoms with van der Waals surface area (Å²) in [5, 5.41) is 2.90. The average Bonchev–Trinajstić information content (AvgIpc) is 3.76. The molecule has 11 nitrogen and oxygen atoms in total. The van der Waals surface area contributed by atoms with Gasteiger partial charge in [0.25, 0.3) is 0 Å². The lowest BCUT2D eigenvalue weighted by molar-refractivity contribution is -0.153. The second-order valence-corrected chi connectivity index (χ2v) is 14.5. The molecule has 2 aromatic rings. The molecule has 2 saturated carbocycles. The van der Waals surface area contributed by atoms with Crippen molar-refractivity contribution in [1.29, 1.82) is 0 Å². The van der Waals surface area contributed by atoms with Crippen LogP contribution in [-0.4, -0.2) is 77.9 Å². The zero-order valence-electron chi connectivity index (χ0n) is 29.1. The molecular weight excluding hydrogens is 612 g/mol. The number of unbranched alkanes of at least 4 members (excludes halogenated alkanes) is 1. The second-order valence-electron chi connectivity index (χ2n) is 14.5. The number of amides is 2. The molecule has 1 aliphatic heterocycles. The van der Waals surface area contributed by atoms with Gasteiger partial charge in [-0.25, -0.2) is 19.6 Å². The number of allylic oxidation sites excluding steroid dienone is 1. The highest BCUT2D eigenvalue weighted by atomic mass is 16.6. The fraction of sp³-hybridized carbons (Fsp3) is 0.595. The summed E-state index contributed by atoms with van der Waals surface area (Å²) in [4.78, 5) is 51.9. The Labute approximate surface area is 283 Å². The molecule has 1 aromatic heterocycles. The zero-order chi connectivity index (χ0) is 34.7. The van der Waals surface area contributed by atoms with Gasteiger partial charge in [0.05, 0.1) is 31.8 Å². The summed E-state index contributed by atoms with van der Waals surface area (Å²) in [6, 6.07) is 3.43. The topological polar surface area (TPSA) is 129 Å². The van der Waals surface area contributed by atoms with Crippen LogP contribution in [0.5, 0.6) is 11.6 Å². The number of hydrogen-bond acceptors (Lipinski definition) is 9. The number of fused-ring (bicyclic) bond motifs is 3. The third-order valence-electron chi connectivity index (χ3n) is 10.4. The molecule has 3 aliphatic rings. The van der Waals surface area contributed by atoms with E-state index in [0.29, 0.717) is 40.2 Å². The lowest BCUT2D eigenvalue weighted by Crippen LogP contribution is -2.57. The number of ether oxygens (including phenoxy) is 4. The first-order valence-electron chi connectivity index (χ1n) is 17.0. The van der Waals surface area contributed by atoms with Crippen LogP contribution in [0, 0.1) is 29.1 Å². The number of carbonyl (C=O) groups is 3. The van der Waals surface area contributed by atoms with Crippen molar-refractivity contribution >= 4 is 35.1 Å². The predicted octanol–water partition coefficient (Wildman–Crippen LogP) is 5.96. The first-order valence-corrected chi connectivity index (χ1v) is 17.0. The van der Waals surface area contributed by atoms with Gasteiger partial charge in [-0.3, -0.25) is 4.79 Å². The summed E-state index contributed by atoms with van der Waals surface area (Å²) >= 11 is 0. The molecule has 5 rings (SSSR count). The van der Waals surface area contributed by atoms with Gasteiger partial charge in [0.2, 0.25) is 11.8 Å². The number of hydrogen-bond donors (Lipinski definition) is 1. The minimum Gasteiger partial charge on any atom is -0.497 e. The number of methoxy groups -OCH3 is 2. The van der Waals surface area contributed by atoms with Gasteiger partial charge >= 0.3 is 12.1 Å². The smallest absolute Gasteiger partial charge is 0.408 e. The summed E-state index contributed by atoms with van der Waals surface area (Å²) in [5.74, 6) is 0.619. The maximum Gasteiger partial charge on any atom is 0.408 e. The summed E-state index contributed by atoms with van der Waals surface area (Å²) in [5.41, 5.74) is 0.934. The van der Waals surface area contributed by atoms with Crippen molar-refractivity contribution in [3.63, 3.8) is 0 Å². The number of carbonyl (C=O) groups excluding carboxylic acids is 3.